The lowest BCUT2D eigenvalue weighted by molar-refractivity contribution is -0.140. The first-order chi connectivity index (χ1) is 23.3. The maximum absolute atomic E-state index is 14.7. The molecular weight excluding hydrogens is 630 g/mol. The Morgan fingerprint density at radius 1 is 0.854 bits per heavy atom. The number of benzene rings is 4. The fourth-order valence-electron chi connectivity index (χ4n) is 5.46. The number of nitrogens with zero attached hydrogens (tertiary/aromatic N) is 2. The number of hydrogen-bond acceptors (Lipinski definition) is 7. The predicted octanol–water partition coefficient (Wildman–Crippen LogP) is 5.22. The number of amides is 2. The van der Waals surface area contributed by atoms with Crippen molar-refractivity contribution < 1.29 is 32.2 Å². The number of carbonyl (C=O) groups is 2. The number of rotatable bonds is 15. The summed E-state index contributed by atoms with van der Waals surface area (Å²) in [5.74, 6) is 0.584. The van der Waals surface area contributed by atoms with Gasteiger partial charge in [0.15, 0.2) is 11.5 Å². The molecule has 0 fully saturated rings. The Bertz CT molecular complexity index is 1790. The van der Waals surface area contributed by atoms with E-state index in [9.17, 15) is 18.0 Å². The second-order valence-corrected chi connectivity index (χ2v) is 13.2. The van der Waals surface area contributed by atoms with Gasteiger partial charge in [0.05, 0.1) is 17.7 Å². The van der Waals surface area contributed by atoms with Gasteiger partial charge in [-0.3, -0.25) is 13.9 Å². The first-order valence-electron chi connectivity index (χ1n) is 16.0. The number of nitrogens with one attached hydrogen (secondary N) is 1. The Kier molecular flexibility index (Phi) is 11.6. The quantitative estimate of drug-likeness (QED) is 0.173. The highest BCUT2D eigenvalue weighted by Crippen LogP contribution is 2.36. The number of fused-ring (bicyclic) bond motifs is 1. The first-order valence-corrected chi connectivity index (χ1v) is 17.5. The minimum atomic E-state index is -4.25. The van der Waals surface area contributed by atoms with Crippen LogP contribution in [-0.2, 0) is 32.6 Å². The van der Waals surface area contributed by atoms with Gasteiger partial charge >= 0.3 is 0 Å². The van der Waals surface area contributed by atoms with Crippen molar-refractivity contribution in [1.29, 1.82) is 0 Å². The Morgan fingerprint density at radius 2 is 1.54 bits per heavy atom. The molecule has 10 nitrogen and oxygen atoms in total. The summed E-state index contributed by atoms with van der Waals surface area (Å²) in [5, 5.41) is 3.00. The summed E-state index contributed by atoms with van der Waals surface area (Å²) in [6.07, 6.45) is 1.89. The van der Waals surface area contributed by atoms with E-state index in [-0.39, 0.29) is 29.5 Å². The van der Waals surface area contributed by atoms with Crippen molar-refractivity contribution in [2.24, 2.45) is 0 Å². The van der Waals surface area contributed by atoms with E-state index in [2.05, 4.69) is 5.32 Å². The lowest BCUT2D eigenvalue weighted by Crippen LogP contribution is -2.53. The minimum absolute atomic E-state index is 0.0187. The summed E-state index contributed by atoms with van der Waals surface area (Å²) in [7, 11) is -2.69. The lowest BCUT2D eigenvalue weighted by atomic mass is 10.0. The molecular formula is C37H41N3O7S. The second kappa shape index (κ2) is 16.2. The third-order valence-electron chi connectivity index (χ3n) is 8.01. The fourth-order valence-corrected chi connectivity index (χ4v) is 6.89. The van der Waals surface area contributed by atoms with Gasteiger partial charge in [-0.2, -0.15) is 0 Å². The number of ether oxygens (including phenoxy) is 3. The molecule has 2 amide bonds. The molecule has 1 unspecified atom stereocenters. The van der Waals surface area contributed by atoms with Crippen molar-refractivity contribution in [1.82, 2.24) is 10.2 Å². The van der Waals surface area contributed by atoms with Gasteiger partial charge in [0.1, 0.15) is 31.5 Å². The summed E-state index contributed by atoms with van der Waals surface area (Å²) in [6, 6.07) is 28.5. The summed E-state index contributed by atoms with van der Waals surface area (Å²) >= 11 is 0. The molecule has 1 heterocycles. The van der Waals surface area contributed by atoms with E-state index in [1.165, 1.54) is 17.0 Å². The lowest BCUT2D eigenvalue weighted by Gasteiger charge is -2.34. The normalized spacial score (nSPS) is 12.9. The van der Waals surface area contributed by atoms with Crippen molar-refractivity contribution in [2.75, 3.05) is 37.7 Å². The fraction of sp³-hybridized carbons (Fsp3) is 0.297. The zero-order chi connectivity index (χ0) is 33.9. The maximum atomic E-state index is 14.7. The predicted molar refractivity (Wildman–Crippen MR) is 184 cm³/mol. The van der Waals surface area contributed by atoms with E-state index in [1.807, 2.05) is 49.4 Å². The second-order valence-electron chi connectivity index (χ2n) is 11.4. The summed E-state index contributed by atoms with van der Waals surface area (Å²) in [6.45, 7) is 2.63. The Hall–Kier alpha value is -5.03. The number of sulfonamides is 1. The van der Waals surface area contributed by atoms with Crippen LogP contribution in [0.1, 0.15) is 30.9 Å². The van der Waals surface area contributed by atoms with Crippen molar-refractivity contribution >= 4 is 27.5 Å². The molecule has 48 heavy (non-hydrogen) atoms. The smallest absolute Gasteiger partial charge is 0.264 e. The van der Waals surface area contributed by atoms with Crippen LogP contribution >= 0.6 is 0 Å². The van der Waals surface area contributed by atoms with E-state index >= 15 is 0 Å². The van der Waals surface area contributed by atoms with Gasteiger partial charge in [-0.1, -0.05) is 74.0 Å². The topological polar surface area (TPSA) is 114 Å². The van der Waals surface area contributed by atoms with Gasteiger partial charge in [0.2, 0.25) is 11.8 Å². The van der Waals surface area contributed by atoms with Crippen LogP contribution in [0.5, 0.6) is 17.2 Å². The first kappa shape index (κ1) is 34.3. The molecule has 0 aliphatic carbocycles. The highest BCUT2D eigenvalue weighted by atomic mass is 32.2. The highest BCUT2D eigenvalue weighted by molar-refractivity contribution is 7.92. The molecule has 5 rings (SSSR count). The average molecular weight is 672 g/mol. The third kappa shape index (κ3) is 8.46. The molecule has 252 valence electrons. The van der Waals surface area contributed by atoms with E-state index in [4.69, 9.17) is 14.2 Å². The third-order valence-corrected chi connectivity index (χ3v) is 9.80. The molecule has 11 heteroatoms. The molecule has 0 saturated heterocycles. The molecule has 0 bridgehead atoms. The Labute approximate surface area is 282 Å². The Balaban J connectivity index is 1.58. The molecule has 0 radical (unpaired) electrons. The van der Waals surface area contributed by atoms with E-state index in [0.29, 0.717) is 37.0 Å². The van der Waals surface area contributed by atoms with Crippen LogP contribution in [-0.4, -0.2) is 64.6 Å². The van der Waals surface area contributed by atoms with Crippen LogP contribution in [0.25, 0.3) is 0 Å². The van der Waals surface area contributed by atoms with Crippen LogP contribution < -0.4 is 23.8 Å². The van der Waals surface area contributed by atoms with Crippen molar-refractivity contribution in [3.63, 3.8) is 0 Å². The molecule has 4 aromatic rings. The minimum Gasteiger partial charge on any atom is -0.497 e. The van der Waals surface area contributed by atoms with Gasteiger partial charge in [-0.15, -0.1) is 0 Å². The van der Waals surface area contributed by atoms with Crippen LogP contribution in [0.2, 0.25) is 0 Å². The summed E-state index contributed by atoms with van der Waals surface area (Å²) in [5.41, 5.74) is 1.81. The number of methoxy groups -OCH3 is 1. The molecule has 1 atom stereocenters. The molecule has 0 spiro atoms. The van der Waals surface area contributed by atoms with Crippen LogP contribution in [0, 0.1) is 0 Å². The van der Waals surface area contributed by atoms with E-state index in [0.717, 1.165) is 28.3 Å². The van der Waals surface area contributed by atoms with E-state index < -0.39 is 28.5 Å². The van der Waals surface area contributed by atoms with Crippen LogP contribution in [0.4, 0.5) is 5.69 Å². The SMILES string of the molecule is CCCCNC(=O)C(Cc1ccccc1)N(Cc1cccc(OC)c1)C(=O)CN(c1ccc2c(c1)OCCO2)S(=O)(=O)c1ccccc1. The maximum Gasteiger partial charge on any atom is 0.264 e. The largest absolute Gasteiger partial charge is 0.497 e. The standard InChI is InChI=1S/C37H41N3O7S/c1-3-4-20-38-37(42)33(24-28-12-7-5-8-13-28)39(26-29-14-11-15-31(23-29)45-2)36(41)27-40(48(43,44)32-16-9-6-10-17-32)30-18-19-34-35(25-30)47-22-21-46-34/h5-19,23,25,33H,3-4,20-22,24,26-27H2,1-2H3,(H,38,42). The van der Waals surface area contributed by atoms with Crippen molar-refractivity contribution in [3.8, 4) is 17.2 Å². The summed E-state index contributed by atoms with van der Waals surface area (Å²) in [4.78, 5) is 30.1. The molecule has 0 aromatic heterocycles. The van der Waals surface area contributed by atoms with Gasteiger partial charge in [-0.25, -0.2) is 8.42 Å². The van der Waals surface area contributed by atoms with Gasteiger partial charge in [-0.05, 0) is 53.9 Å². The molecule has 1 aliphatic rings. The zero-order valence-electron chi connectivity index (χ0n) is 27.2. The van der Waals surface area contributed by atoms with Crippen molar-refractivity contribution in [3.05, 3.63) is 114 Å². The van der Waals surface area contributed by atoms with Crippen LogP contribution in [0.3, 0.4) is 0 Å². The van der Waals surface area contributed by atoms with Crippen molar-refractivity contribution in [2.45, 2.75) is 43.7 Å². The molecule has 1 aliphatic heterocycles. The number of carbonyl (C=O) groups excluding carboxylic acids is 2. The van der Waals surface area contributed by atoms with Gasteiger partial charge in [0.25, 0.3) is 10.0 Å². The Morgan fingerprint density at radius 3 is 2.25 bits per heavy atom. The summed E-state index contributed by atoms with van der Waals surface area (Å²) < 4.78 is 46.4. The average Bonchev–Trinajstić information content (AvgIpc) is 3.12. The highest BCUT2D eigenvalue weighted by Gasteiger charge is 2.35. The monoisotopic (exact) mass is 671 g/mol. The van der Waals surface area contributed by atoms with Gasteiger partial charge < -0.3 is 24.4 Å². The van der Waals surface area contributed by atoms with Crippen LogP contribution in [0.15, 0.2) is 108 Å². The molecule has 4 aromatic carbocycles. The van der Waals surface area contributed by atoms with Gasteiger partial charge in [0, 0.05) is 25.6 Å². The zero-order valence-corrected chi connectivity index (χ0v) is 28.0. The molecule has 1 N–H and O–H groups in total. The molecule has 0 saturated carbocycles. The number of anilines is 1. The number of hydrogen-bond donors (Lipinski definition) is 1. The van der Waals surface area contributed by atoms with E-state index in [1.54, 1.807) is 55.6 Å². The number of unbranched alkanes of at least 4 members (excludes halogenated alkanes) is 1.